The number of methoxy groups -OCH3 is 1. The van der Waals surface area contributed by atoms with Crippen molar-refractivity contribution in [1.82, 2.24) is 0 Å². The first-order valence-corrected chi connectivity index (χ1v) is 5.83. The van der Waals surface area contributed by atoms with Gasteiger partial charge in [-0.15, -0.1) is 0 Å². The molecule has 0 bridgehead atoms. The van der Waals surface area contributed by atoms with E-state index in [1.165, 1.54) is 0 Å². The maximum Gasteiger partial charge on any atom is 0.207 e. The van der Waals surface area contributed by atoms with Crippen molar-refractivity contribution in [3.63, 3.8) is 0 Å². The van der Waals surface area contributed by atoms with E-state index in [1.807, 2.05) is 18.2 Å². The molecule has 0 saturated carbocycles. The highest BCUT2D eigenvalue weighted by atomic mass is 79.9. The van der Waals surface area contributed by atoms with Crippen molar-refractivity contribution in [3.8, 4) is 5.75 Å². The lowest BCUT2D eigenvalue weighted by atomic mass is 10.1. The second-order valence-corrected chi connectivity index (χ2v) is 4.36. The van der Waals surface area contributed by atoms with Gasteiger partial charge in [0, 0.05) is 5.56 Å². The molecule has 0 unspecified atom stereocenters. The first kappa shape index (κ1) is 11.9. The second-order valence-electron chi connectivity index (χ2n) is 3.50. The van der Waals surface area contributed by atoms with Gasteiger partial charge >= 0.3 is 0 Å². The summed E-state index contributed by atoms with van der Waals surface area (Å²) in [4.78, 5) is 0. The van der Waals surface area contributed by atoms with Crippen LogP contribution in [0.2, 0.25) is 0 Å². The van der Waals surface area contributed by atoms with Crippen LogP contribution < -0.4 is 10.5 Å². The van der Waals surface area contributed by atoms with E-state index in [-0.39, 0.29) is 0 Å². The van der Waals surface area contributed by atoms with E-state index >= 15 is 0 Å². The summed E-state index contributed by atoms with van der Waals surface area (Å²) in [5.74, 6) is -0.0247. The molecule has 0 radical (unpaired) electrons. The van der Waals surface area contributed by atoms with Crippen LogP contribution in [-0.4, -0.2) is 26.9 Å². The average Bonchev–Trinajstić information content (AvgIpc) is 2.78. The van der Waals surface area contributed by atoms with E-state index in [4.69, 9.17) is 19.9 Å². The molecule has 0 spiro atoms. The molecule has 16 heavy (non-hydrogen) atoms. The summed E-state index contributed by atoms with van der Waals surface area (Å²) in [6, 6.07) is 5.68. The van der Waals surface area contributed by atoms with E-state index in [2.05, 4.69) is 15.9 Å². The Balaban J connectivity index is 2.36. The highest BCUT2D eigenvalue weighted by Gasteiger charge is 2.37. The van der Waals surface area contributed by atoms with Gasteiger partial charge < -0.3 is 19.9 Å². The molecule has 4 nitrogen and oxygen atoms in total. The van der Waals surface area contributed by atoms with Crippen LogP contribution in [0, 0.1) is 0 Å². The average molecular weight is 288 g/mol. The molecule has 0 aliphatic carbocycles. The molecule has 1 aromatic carbocycles. The van der Waals surface area contributed by atoms with Gasteiger partial charge in [0.15, 0.2) is 0 Å². The Bertz CT molecular complexity index is 377. The van der Waals surface area contributed by atoms with Gasteiger partial charge in [0.1, 0.15) is 5.75 Å². The number of ether oxygens (including phenoxy) is 3. The number of nitrogens with two attached hydrogens (primary N) is 1. The van der Waals surface area contributed by atoms with Gasteiger partial charge in [0.2, 0.25) is 5.79 Å². The minimum atomic E-state index is -0.797. The summed E-state index contributed by atoms with van der Waals surface area (Å²) in [5.41, 5.74) is 6.63. The number of rotatable bonds is 3. The second kappa shape index (κ2) is 4.71. The molecule has 88 valence electrons. The van der Waals surface area contributed by atoms with Gasteiger partial charge in [0.25, 0.3) is 0 Å². The molecule has 0 amide bonds. The van der Waals surface area contributed by atoms with E-state index in [1.54, 1.807) is 7.11 Å². The minimum absolute atomic E-state index is 0.297. The zero-order chi connectivity index (χ0) is 11.6. The van der Waals surface area contributed by atoms with Gasteiger partial charge in [-0.2, -0.15) is 0 Å². The fraction of sp³-hybridized carbons (Fsp3) is 0.455. The molecule has 0 aromatic heterocycles. The SMILES string of the molecule is COc1ccc(C2(CN)OCCO2)cc1Br. The molecule has 0 atom stereocenters. The maximum absolute atomic E-state index is 5.72. The van der Waals surface area contributed by atoms with Crippen LogP contribution >= 0.6 is 15.9 Å². The van der Waals surface area contributed by atoms with Crippen LogP contribution in [0.3, 0.4) is 0 Å². The Labute approximate surface area is 103 Å². The van der Waals surface area contributed by atoms with Crippen molar-refractivity contribution in [3.05, 3.63) is 28.2 Å². The monoisotopic (exact) mass is 287 g/mol. The third-order valence-corrected chi connectivity index (χ3v) is 3.23. The predicted molar refractivity (Wildman–Crippen MR) is 63.3 cm³/mol. The number of hydrogen-bond acceptors (Lipinski definition) is 4. The third-order valence-electron chi connectivity index (χ3n) is 2.61. The van der Waals surface area contributed by atoms with Gasteiger partial charge in [0.05, 0.1) is 31.3 Å². The van der Waals surface area contributed by atoms with Gasteiger partial charge in [-0.05, 0) is 34.1 Å². The standard InChI is InChI=1S/C11H14BrNO3/c1-14-10-3-2-8(6-9(10)12)11(7-13)15-4-5-16-11/h2-3,6H,4-5,7,13H2,1H3. The smallest absolute Gasteiger partial charge is 0.207 e. The maximum atomic E-state index is 5.72. The van der Waals surface area contributed by atoms with Gasteiger partial charge in [-0.25, -0.2) is 0 Å². The fourth-order valence-electron chi connectivity index (χ4n) is 1.76. The van der Waals surface area contributed by atoms with Crippen molar-refractivity contribution >= 4 is 15.9 Å². The summed E-state index contributed by atoms with van der Waals surface area (Å²) < 4.78 is 17.2. The molecule has 1 aliphatic heterocycles. The molecular formula is C11H14BrNO3. The zero-order valence-electron chi connectivity index (χ0n) is 9.03. The lowest BCUT2D eigenvalue weighted by molar-refractivity contribution is -0.156. The first-order chi connectivity index (χ1) is 7.72. The molecule has 2 rings (SSSR count). The Hall–Kier alpha value is -0.620. The van der Waals surface area contributed by atoms with Crippen LogP contribution in [0.5, 0.6) is 5.75 Å². The van der Waals surface area contributed by atoms with Crippen LogP contribution in [0.4, 0.5) is 0 Å². The fourth-order valence-corrected chi connectivity index (χ4v) is 2.30. The van der Waals surface area contributed by atoms with E-state index in [9.17, 15) is 0 Å². The Morgan fingerprint density at radius 1 is 1.44 bits per heavy atom. The Morgan fingerprint density at radius 2 is 2.12 bits per heavy atom. The first-order valence-electron chi connectivity index (χ1n) is 5.04. The van der Waals surface area contributed by atoms with Gasteiger partial charge in [-0.3, -0.25) is 0 Å². The third kappa shape index (κ3) is 1.96. The summed E-state index contributed by atoms with van der Waals surface area (Å²) in [5, 5.41) is 0. The molecule has 1 heterocycles. The predicted octanol–water partition coefficient (Wildman–Crippen LogP) is 1.62. The highest BCUT2D eigenvalue weighted by Crippen LogP contribution is 2.35. The van der Waals surface area contributed by atoms with Crippen LogP contribution in [0.1, 0.15) is 5.56 Å². The van der Waals surface area contributed by atoms with Crippen LogP contribution in [0.15, 0.2) is 22.7 Å². The molecule has 2 N–H and O–H groups in total. The lowest BCUT2D eigenvalue weighted by Crippen LogP contribution is -2.36. The van der Waals surface area contributed by atoms with E-state index in [0.29, 0.717) is 19.8 Å². The molecule has 1 saturated heterocycles. The topological polar surface area (TPSA) is 53.7 Å². The normalized spacial score (nSPS) is 18.7. The highest BCUT2D eigenvalue weighted by molar-refractivity contribution is 9.10. The zero-order valence-corrected chi connectivity index (χ0v) is 10.6. The minimum Gasteiger partial charge on any atom is -0.496 e. The van der Waals surface area contributed by atoms with Crippen LogP contribution in [0.25, 0.3) is 0 Å². The van der Waals surface area contributed by atoms with Crippen molar-refractivity contribution < 1.29 is 14.2 Å². The summed E-state index contributed by atoms with van der Waals surface area (Å²) in [6.07, 6.45) is 0. The summed E-state index contributed by atoms with van der Waals surface area (Å²) in [7, 11) is 1.63. The number of benzene rings is 1. The molecule has 5 heteroatoms. The van der Waals surface area contributed by atoms with Crippen LogP contribution in [-0.2, 0) is 15.3 Å². The van der Waals surface area contributed by atoms with Crippen molar-refractivity contribution in [2.75, 3.05) is 26.9 Å². The Morgan fingerprint density at radius 3 is 2.62 bits per heavy atom. The largest absolute Gasteiger partial charge is 0.496 e. The number of hydrogen-bond donors (Lipinski definition) is 1. The lowest BCUT2D eigenvalue weighted by Gasteiger charge is -2.26. The molecule has 1 fully saturated rings. The van der Waals surface area contributed by atoms with Crippen molar-refractivity contribution in [2.45, 2.75) is 5.79 Å². The summed E-state index contributed by atoms with van der Waals surface area (Å²) >= 11 is 3.43. The van der Waals surface area contributed by atoms with Crippen molar-refractivity contribution in [2.24, 2.45) is 5.73 Å². The molecular weight excluding hydrogens is 274 g/mol. The van der Waals surface area contributed by atoms with E-state index in [0.717, 1.165) is 15.8 Å². The Kier molecular flexibility index (Phi) is 3.49. The quantitative estimate of drug-likeness (QED) is 0.918. The summed E-state index contributed by atoms with van der Waals surface area (Å²) in [6.45, 7) is 1.44. The molecule has 1 aromatic rings. The van der Waals surface area contributed by atoms with E-state index < -0.39 is 5.79 Å². The molecule has 1 aliphatic rings. The van der Waals surface area contributed by atoms with Crippen molar-refractivity contribution in [1.29, 1.82) is 0 Å². The van der Waals surface area contributed by atoms with Gasteiger partial charge in [-0.1, -0.05) is 0 Å². The number of halogens is 1.